The van der Waals surface area contributed by atoms with Gasteiger partial charge in [0.25, 0.3) is 0 Å². The predicted molar refractivity (Wildman–Crippen MR) is 132 cm³/mol. The van der Waals surface area contributed by atoms with Crippen molar-refractivity contribution in [2.24, 2.45) is 0 Å². The number of hydrogen-bond acceptors (Lipinski definition) is 4. The number of amides is 2. The number of aliphatic hydroxyl groups is 1. The number of carbonyl (C=O) groups is 2. The predicted octanol–water partition coefficient (Wildman–Crippen LogP) is 4.86. The highest BCUT2D eigenvalue weighted by atomic mass is 16.5. The van der Waals surface area contributed by atoms with Gasteiger partial charge < -0.3 is 19.6 Å². The van der Waals surface area contributed by atoms with E-state index in [0.717, 1.165) is 50.1 Å². The van der Waals surface area contributed by atoms with E-state index in [9.17, 15) is 14.7 Å². The van der Waals surface area contributed by atoms with Crippen LogP contribution in [0.2, 0.25) is 0 Å². The minimum Gasteiger partial charge on any atom is -0.494 e. The van der Waals surface area contributed by atoms with Gasteiger partial charge in [-0.25, -0.2) is 0 Å². The van der Waals surface area contributed by atoms with Crippen LogP contribution in [0.5, 0.6) is 5.75 Å². The highest BCUT2D eigenvalue weighted by Crippen LogP contribution is 2.31. The molecule has 2 aliphatic rings. The van der Waals surface area contributed by atoms with Crippen LogP contribution in [0, 0.1) is 0 Å². The maximum Gasteiger partial charge on any atom is 0.227 e. The Morgan fingerprint density at radius 1 is 1.12 bits per heavy atom. The van der Waals surface area contributed by atoms with Crippen LogP contribution in [0.15, 0.2) is 18.2 Å². The molecule has 0 bridgehead atoms. The summed E-state index contributed by atoms with van der Waals surface area (Å²) in [5.74, 6) is 1.15. The zero-order valence-corrected chi connectivity index (χ0v) is 20.4. The zero-order chi connectivity index (χ0) is 23.5. The first-order valence-electron chi connectivity index (χ1n) is 13.1. The fourth-order valence-electron chi connectivity index (χ4n) is 5.14. The van der Waals surface area contributed by atoms with Gasteiger partial charge in [-0.2, -0.15) is 0 Å². The molecule has 1 saturated carbocycles. The number of carbonyl (C=O) groups excluding carboxylic acids is 2. The Labute approximate surface area is 199 Å². The fraction of sp³-hybridized carbons (Fsp3) is 0.704. The number of fused-ring (bicyclic) bond motifs is 1. The smallest absolute Gasteiger partial charge is 0.227 e. The molecule has 184 valence electrons. The number of rotatable bonds is 13. The van der Waals surface area contributed by atoms with Gasteiger partial charge in [0.1, 0.15) is 5.75 Å². The standard InChI is InChI=1S/C27H42N2O4/c1-2-3-4-8-17-29-25-15-14-24(21-22(25)13-16-27(29)32)33-20-9-12-26(31)28(18-19-30)23-10-6-5-7-11-23/h14-15,21,23,30H,2-13,16-20H2,1H3. The maximum absolute atomic E-state index is 12.8. The molecule has 0 aromatic heterocycles. The number of anilines is 1. The summed E-state index contributed by atoms with van der Waals surface area (Å²) in [6.45, 7) is 3.93. The highest BCUT2D eigenvalue weighted by molar-refractivity contribution is 5.96. The van der Waals surface area contributed by atoms with Gasteiger partial charge >= 0.3 is 0 Å². The second-order valence-corrected chi connectivity index (χ2v) is 9.45. The van der Waals surface area contributed by atoms with E-state index in [1.54, 1.807) is 0 Å². The van der Waals surface area contributed by atoms with Crippen LogP contribution in [0.1, 0.15) is 89.5 Å². The summed E-state index contributed by atoms with van der Waals surface area (Å²) < 4.78 is 5.96. The number of aliphatic hydroxyl groups excluding tert-OH is 1. The molecule has 2 amide bonds. The van der Waals surface area contributed by atoms with Crippen LogP contribution in [-0.2, 0) is 16.0 Å². The first-order chi connectivity index (χ1) is 16.1. The van der Waals surface area contributed by atoms with Crippen molar-refractivity contribution >= 4 is 17.5 Å². The Bertz CT molecular complexity index is 760. The highest BCUT2D eigenvalue weighted by Gasteiger charge is 2.25. The summed E-state index contributed by atoms with van der Waals surface area (Å²) in [6.07, 6.45) is 12.7. The summed E-state index contributed by atoms with van der Waals surface area (Å²) >= 11 is 0. The van der Waals surface area contributed by atoms with Crippen LogP contribution >= 0.6 is 0 Å². The Morgan fingerprint density at radius 2 is 1.94 bits per heavy atom. The normalized spacial score (nSPS) is 16.5. The quantitative estimate of drug-likeness (QED) is 0.429. The van der Waals surface area contributed by atoms with E-state index in [-0.39, 0.29) is 24.5 Å². The van der Waals surface area contributed by atoms with E-state index in [2.05, 4.69) is 13.0 Å². The monoisotopic (exact) mass is 458 g/mol. The Kier molecular flexibility index (Phi) is 10.5. The average Bonchev–Trinajstić information content (AvgIpc) is 2.84. The molecular formula is C27H42N2O4. The second kappa shape index (κ2) is 13.6. The molecule has 1 N–H and O–H groups in total. The third kappa shape index (κ3) is 7.46. The van der Waals surface area contributed by atoms with Gasteiger partial charge in [0.2, 0.25) is 11.8 Å². The average molecular weight is 459 g/mol. The number of hydrogen-bond donors (Lipinski definition) is 1. The first kappa shape index (κ1) is 25.5. The lowest BCUT2D eigenvalue weighted by Gasteiger charge is -2.34. The lowest BCUT2D eigenvalue weighted by Crippen LogP contribution is -2.43. The third-order valence-corrected chi connectivity index (χ3v) is 6.97. The molecule has 1 fully saturated rings. The molecule has 6 nitrogen and oxygen atoms in total. The van der Waals surface area contributed by atoms with Gasteiger partial charge in [-0.3, -0.25) is 9.59 Å². The van der Waals surface area contributed by atoms with E-state index < -0.39 is 0 Å². The second-order valence-electron chi connectivity index (χ2n) is 9.45. The molecule has 0 atom stereocenters. The summed E-state index contributed by atoms with van der Waals surface area (Å²) in [6, 6.07) is 6.30. The fourth-order valence-corrected chi connectivity index (χ4v) is 5.14. The first-order valence-corrected chi connectivity index (χ1v) is 13.1. The van der Waals surface area contributed by atoms with E-state index >= 15 is 0 Å². The number of benzene rings is 1. The van der Waals surface area contributed by atoms with Crippen LogP contribution in [0.3, 0.4) is 0 Å². The summed E-state index contributed by atoms with van der Waals surface area (Å²) in [5.41, 5.74) is 2.20. The van der Waals surface area contributed by atoms with Crippen molar-refractivity contribution in [1.82, 2.24) is 4.90 Å². The molecule has 1 aliphatic carbocycles. The van der Waals surface area contributed by atoms with E-state index in [4.69, 9.17) is 4.74 Å². The van der Waals surface area contributed by atoms with Crippen molar-refractivity contribution in [2.45, 2.75) is 96.4 Å². The van der Waals surface area contributed by atoms with Crippen LogP contribution in [-0.4, -0.2) is 54.2 Å². The SMILES string of the molecule is CCCCCCN1C(=O)CCc2cc(OCCCC(=O)N(CCO)C3CCCCC3)ccc21. The van der Waals surface area contributed by atoms with Gasteiger partial charge in [-0.05, 0) is 55.9 Å². The van der Waals surface area contributed by atoms with Gasteiger partial charge in [0.15, 0.2) is 0 Å². The molecule has 0 unspecified atom stereocenters. The van der Waals surface area contributed by atoms with Crippen molar-refractivity contribution in [3.05, 3.63) is 23.8 Å². The van der Waals surface area contributed by atoms with Crippen LogP contribution in [0.25, 0.3) is 0 Å². The van der Waals surface area contributed by atoms with Gasteiger partial charge in [0.05, 0.1) is 13.2 Å². The molecule has 6 heteroatoms. The lowest BCUT2D eigenvalue weighted by atomic mass is 9.94. The minimum atomic E-state index is 0.0198. The molecule has 1 aromatic rings. The van der Waals surface area contributed by atoms with Crippen LogP contribution < -0.4 is 9.64 Å². The Balaban J connectivity index is 1.47. The molecule has 33 heavy (non-hydrogen) atoms. The van der Waals surface area contributed by atoms with Crippen molar-refractivity contribution in [3.63, 3.8) is 0 Å². The van der Waals surface area contributed by atoms with Gasteiger partial charge in [-0.1, -0.05) is 45.4 Å². The number of nitrogens with zero attached hydrogens (tertiary/aromatic N) is 2. The van der Waals surface area contributed by atoms with Gasteiger partial charge in [-0.15, -0.1) is 0 Å². The molecule has 1 heterocycles. The van der Waals surface area contributed by atoms with E-state index in [0.29, 0.717) is 32.4 Å². The maximum atomic E-state index is 12.8. The Hall–Kier alpha value is -2.08. The largest absolute Gasteiger partial charge is 0.494 e. The molecule has 0 radical (unpaired) electrons. The summed E-state index contributed by atoms with van der Waals surface area (Å²) in [4.78, 5) is 29.0. The van der Waals surface area contributed by atoms with E-state index in [1.165, 1.54) is 37.7 Å². The van der Waals surface area contributed by atoms with Crippen LogP contribution in [0.4, 0.5) is 5.69 Å². The summed E-state index contributed by atoms with van der Waals surface area (Å²) in [5, 5.41) is 9.40. The number of unbranched alkanes of at least 4 members (excludes halogenated alkanes) is 3. The molecule has 1 aliphatic heterocycles. The molecule has 0 saturated heterocycles. The zero-order valence-electron chi connectivity index (χ0n) is 20.4. The van der Waals surface area contributed by atoms with E-state index in [1.807, 2.05) is 21.9 Å². The lowest BCUT2D eigenvalue weighted by molar-refractivity contribution is -0.135. The summed E-state index contributed by atoms with van der Waals surface area (Å²) in [7, 11) is 0. The number of aryl methyl sites for hydroxylation is 1. The third-order valence-electron chi connectivity index (χ3n) is 6.97. The van der Waals surface area contributed by atoms with Crippen molar-refractivity contribution in [3.8, 4) is 5.75 Å². The van der Waals surface area contributed by atoms with Crippen molar-refractivity contribution < 1.29 is 19.4 Å². The topological polar surface area (TPSA) is 70.1 Å². The Morgan fingerprint density at radius 3 is 2.70 bits per heavy atom. The van der Waals surface area contributed by atoms with Crippen molar-refractivity contribution in [1.29, 1.82) is 0 Å². The molecule has 1 aromatic carbocycles. The number of ether oxygens (including phenoxy) is 1. The minimum absolute atomic E-state index is 0.0198. The van der Waals surface area contributed by atoms with Crippen molar-refractivity contribution in [2.75, 3.05) is 31.2 Å². The molecule has 3 rings (SSSR count). The molecular weight excluding hydrogens is 416 g/mol. The molecule has 0 spiro atoms. The van der Waals surface area contributed by atoms with Gasteiger partial charge in [0, 0.05) is 37.7 Å².